The van der Waals surface area contributed by atoms with Gasteiger partial charge in [-0.3, -0.25) is 9.11 Å². The summed E-state index contributed by atoms with van der Waals surface area (Å²) < 4.78 is 66.0. The van der Waals surface area contributed by atoms with Crippen molar-refractivity contribution < 1.29 is 25.9 Å². The summed E-state index contributed by atoms with van der Waals surface area (Å²) in [6.07, 6.45) is 0. The van der Waals surface area contributed by atoms with Gasteiger partial charge in [-0.05, 0) is 51.3 Å². The molecule has 2 rings (SSSR count). The molecule has 0 heterocycles. The van der Waals surface area contributed by atoms with E-state index in [9.17, 15) is 25.9 Å². The number of hydrogen-bond acceptors (Lipinski definition) is 4. The molecule has 0 spiro atoms. The molecule has 0 aromatic heterocycles. The van der Waals surface area contributed by atoms with Crippen molar-refractivity contribution in [2.24, 2.45) is 0 Å². The fourth-order valence-corrected chi connectivity index (χ4v) is 4.11. The summed E-state index contributed by atoms with van der Waals surface area (Å²) in [5.74, 6) is 0. The van der Waals surface area contributed by atoms with Gasteiger partial charge in [-0.15, -0.1) is 0 Å². The molecule has 0 amide bonds. The van der Waals surface area contributed by atoms with Gasteiger partial charge in [-0.1, -0.05) is 47.6 Å². The molecule has 0 saturated heterocycles. The monoisotopic (exact) mass is 400 g/mol. The Bertz CT molecular complexity index is 955. The van der Waals surface area contributed by atoms with E-state index in [4.69, 9.17) is 0 Å². The largest absolute Gasteiger partial charge is 0.294 e. The summed E-state index contributed by atoms with van der Waals surface area (Å²) in [4.78, 5) is -1.17. The Labute approximate surface area is 155 Å². The normalized spacial score (nSPS) is 14.0. The molecule has 0 bridgehead atoms. The third-order valence-corrected chi connectivity index (χ3v) is 5.89. The smallest absolute Gasteiger partial charge is 0.282 e. The molecule has 0 atom stereocenters. The van der Waals surface area contributed by atoms with Gasteiger partial charge in [0.05, 0.1) is 9.79 Å². The molecular weight excluding hydrogens is 376 g/mol. The van der Waals surface area contributed by atoms with Gasteiger partial charge in [0.15, 0.2) is 0 Å². The van der Waals surface area contributed by atoms with Crippen LogP contribution in [0, 0.1) is 0 Å². The maximum absolute atomic E-state index is 11.7. The van der Waals surface area contributed by atoms with E-state index < -0.39 is 30.0 Å². The molecule has 0 saturated carbocycles. The first kappa shape index (κ1) is 20.8. The van der Waals surface area contributed by atoms with E-state index in [1.807, 2.05) is 47.6 Å². The van der Waals surface area contributed by atoms with Crippen molar-refractivity contribution in [3.05, 3.63) is 35.4 Å². The van der Waals surface area contributed by atoms with Crippen LogP contribution >= 0.6 is 0 Å². The van der Waals surface area contributed by atoms with Crippen molar-refractivity contribution >= 4 is 20.2 Å². The van der Waals surface area contributed by atoms with E-state index in [0.29, 0.717) is 11.1 Å². The quantitative estimate of drug-likeness (QED) is 0.741. The van der Waals surface area contributed by atoms with E-state index in [-0.39, 0.29) is 10.8 Å². The van der Waals surface area contributed by atoms with Crippen molar-refractivity contribution in [3.63, 3.8) is 0 Å². The second kappa shape index (κ2) is 6.02. The van der Waals surface area contributed by atoms with Crippen LogP contribution < -0.4 is 0 Å². The molecular formula is C18H24O6S2. The van der Waals surface area contributed by atoms with Crippen molar-refractivity contribution in [1.82, 2.24) is 0 Å². The predicted molar refractivity (Wildman–Crippen MR) is 100 cm³/mol. The van der Waals surface area contributed by atoms with E-state index in [0.717, 1.165) is 17.2 Å². The van der Waals surface area contributed by atoms with Crippen LogP contribution in [-0.2, 0) is 31.1 Å². The molecule has 2 N–H and O–H groups in total. The maximum atomic E-state index is 11.7. The minimum atomic E-state index is -4.68. The number of hydrogen-bond donors (Lipinski definition) is 2. The lowest BCUT2D eigenvalue weighted by atomic mass is 9.85. The van der Waals surface area contributed by atoms with Crippen LogP contribution in [0.5, 0.6) is 0 Å². The van der Waals surface area contributed by atoms with E-state index >= 15 is 0 Å². The molecule has 144 valence electrons. The molecule has 26 heavy (non-hydrogen) atoms. The average molecular weight is 401 g/mol. The van der Waals surface area contributed by atoms with Gasteiger partial charge >= 0.3 is 0 Å². The molecule has 0 aromatic carbocycles. The summed E-state index contributed by atoms with van der Waals surface area (Å²) >= 11 is 0. The topological polar surface area (TPSA) is 109 Å². The second-order valence-corrected chi connectivity index (χ2v) is 11.3. The Morgan fingerprint density at radius 2 is 0.923 bits per heavy atom. The Morgan fingerprint density at radius 3 is 1.15 bits per heavy atom. The zero-order chi connectivity index (χ0) is 20.3. The number of rotatable bonds is 2. The van der Waals surface area contributed by atoms with Gasteiger partial charge < -0.3 is 0 Å². The van der Waals surface area contributed by atoms with Gasteiger partial charge in [-0.25, -0.2) is 0 Å². The van der Waals surface area contributed by atoms with Crippen LogP contribution in [0.4, 0.5) is 0 Å². The minimum Gasteiger partial charge on any atom is -0.282 e. The summed E-state index contributed by atoms with van der Waals surface area (Å²) in [5.41, 5.74) is 1.96. The minimum absolute atomic E-state index is 0.356. The molecule has 0 aromatic rings. The molecule has 0 aliphatic heterocycles. The SMILES string of the molecule is CC(C)(C)c1cc(C(C)(C)C)c2cc(S(=O)(=O)O)cc(S(=O)(=O)O)cc1-2. The van der Waals surface area contributed by atoms with Crippen molar-refractivity contribution in [2.45, 2.75) is 62.2 Å². The van der Waals surface area contributed by atoms with Crippen LogP contribution in [0.25, 0.3) is 11.1 Å². The maximum Gasteiger partial charge on any atom is 0.294 e. The van der Waals surface area contributed by atoms with E-state index in [1.165, 1.54) is 12.1 Å². The van der Waals surface area contributed by atoms with E-state index in [2.05, 4.69) is 0 Å². The summed E-state index contributed by atoms with van der Waals surface area (Å²) in [7, 11) is -9.37. The van der Waals surface area contributed by atoms with Crippen LogP contribution in [-0.4, -0.2) is 25.9 Å². The fraction of sp³-hybridized carbons (Fsp3) is 0.444. The first-order valence-corrected chi connectivity index (χ1v) is 10.9. The Morgan fingerprint density at radius 1 is 0.615 bits per heavy atom. The van der Waals surface area contributed by atoms with Crippen LogP contribution in [0.3, 0.4) is 0 Å². The standard InChI is InChI=1S/C18H24O6S2/c1-17(2,3)15-10-16(18(4,5)6)14-9-12(26(22,23)24)7-11(8-13(14)15)25(19,20)21/h7-10H,1-6H3,(H,19,20,21)(H,22,23,24). The van der Waals surface area contributed by atoms with Gasteiger partial charge in [0, 0.05) is 0 Å². The van der Waals surface area contributed by atoms with Gasteiger partial charge in [0.25, 0.3) is 20.2 Å². The molecule has 2 aliphatic carbocycles. The molecule has 8 heteroatoms. The van der Waals surface area contributed by atoms with Crippen molar-refractivity contribution in [3.8, 4) is 11.1 Å². The second-order valence-electron chi connectivity index (χ2n) is 8.49. The fourth-order valence-electron chi connectivity index (χ4n) is 2.95. The lowest BCUT2D eigenvalue weighted by Crippen LogP contribution is -2.12. The summed E-state index contributed by atoms with van der Waals surface area (Å²) in [5, 5.41) is 0. The van der Waals surface area contributed by atoms with Crippen LogP contribution in [0.15, 0.2) is 34.1 Å². The molecule has 0 fully saturated rings. The Hall–Kier alpha value is -1.48. The lowest BCUT2D eigenvalue weighted by molar-refractivity contribution is 0.481. The predicted octanol–water partition coefficient (Wildman–Crippen LogP) is 3.88. The highest BCUT2D eigenvalue weighted by Crippen LogP contribution is 2.44. The van der Waals surface area contributed by atoms with Crippen LogP contribution in [0.1, 0.15) is 52.7 Å². The Kier molecular flexibility index (Phi) is 4.82. The molecule has 0 radical (unpaired) electrons. The average Bonchev–Trinajstić information content (AvgIpc) is 2.61. The highest BCUT2D eigenvalue weighted by atomic mass is 32.2. The third kappa shape index (κ3) is 4.09. The summed E-state index contributed by atoms with van der Waals surface area (Å²) in [6.45, 7) is 11.7. The zero-order valence-electron chi connectivity index (χ0n) is 15.7. The highest BCUT2D eigenvalue weighted by molar-refractivity contribution is 7.86. The van der Waals surface area contributed by atoms with Crippen molar-refractivity contribution in [2.75, 3.05) is 0 Å². The Balaban J connectivity index is 3.12. The molecule has 0 unspecified atom stereocenters. The molecule has 2 aliphatic rings. The first-order valence-electron chi connectivity index (χ1n) is 8.00. The zero-order valence-corrected chi connectivity index (χ0v) is 17.3. The lowest BCUT2D eigenvalue weighted by Gasteiger charge is -2.19. The van der Waals surface area contributed by atoms with Gasteiger partial charge in [-0.2, -0.15) is 16.8 Å². The molecule has 6 nitrogen and oxygen atoms in total. The first-order chi connectivity index (χ1) is 11.4. The van der Waals surface area contributed by atoms with Gasteiger partial charge in [0.1, 0.15) is 0 Å². The summed E-state index contributed by atoms with van der Waals surface area (Å²) in [6, 6.07) is 5.21. The van der Waals surface area contributed by atoms with Gasteiger partial charge in [0.2, 0.25) is 0 Å². The number of fused-ring (bicyclic) bond motifs is 1. The van der Waals surface area contributed by atoms with E-state index in [1.54, 1.807) is 0 Å². The highest BCUT2D eigenvalue weighted by Gasteiger charge is 2.31. The van der Waals surface area contributed by atoms with Crippen LogP contribution in [0.2, 0.25) is 0 Å². The third-order valence-electron chi connectivity index (χ3n) is 4.23. The van der Waals surface area contributed by atoms with Crippen molar-refractivity contribution in [1.29, 1.82) is 0 Å².